The number of hydrogen-bond acceptors (Lipinski definition) is 3. The Morgan fingerprint density at radius 3 is 2.62 bits per heavy atom. The van der Waals surface area contributed by atoms with Crippen LogP contribution in [0.5, 0.6) is 0 Å². The van der Waals surface area contributed by atoms with Crippen LogP contribution in [0.25, 0.3) is 0 Å². The van der Waals surface area contributed by atoms with E-state index in [1.807, 2.05) is 11.8 Å². The van der Waals surface area contributed by atoms with Gasteiger partial charge in [0.15, 0.2) is 17.6 Å². The maximum absolute atomic E-state index is 13.4. The molecule has 0 radical (unpaired) electrons. The number of benzene rings is 1. The molecule has 1 atom stereocenters. The summed E-state index contributed by atoms with van der Waals surface area (Å²) in [4.78, 5) is 17.2. The molecule has 1 amide bonds. The lowest BCUT2D eigenvalue weighted by molar-refractivity contribution is -0.119. The number of primary amides is 1. The molecule has 0 aliphatic carbocycles. The summed E-state index contributed by atoms with van der Waals surface area (Å²) in [6.07, 6.45) is 1.79. The number of hydrogen-bond donors (Lipinski definition) is 3. The van der Waals surface area contributed by atoms with E-state index in [9.17, 15) is 13.6 Å². The van der Waals surface area contributed by atoms with Crippen LogP contribution in [0, 0.1) is 11.6 Å². The van der Waals surface area contributed by atoms with E-state index < -0.39 is 11.6 Å². The minimum atomic E-state index is -0.839. The molecule has 8 heteroatoms. The number of likely N-dealkylation sites (tertiary alicyclic amines) is 1. The second-order valence-corrected chi connectivity index (χ2v) is 6.69. The van der Waals surface area contributed by atoms with Gasteiger partial charge in [-0.05, 0) is 36.5 Å². The minimum absolute atomic E-state index is 0.000985. The van der Waals surface area contributed by atoms with Gasteiger partial charge < -0.3 is 16.4 Å². The number of nitrogens with one attached hydrogen (secondary N) is 2. The van der Waals surface area contributed by atoms with Crippen LogP contribution in [0.3, 0.4) is 0 Å². The Morgan fingerprint density at radius 1 is 1.35 bits per heavy atom. The molecular formula is C18H27F2N5O. The predicted molar refractivity (Wildman–Crippen MR) is 97.9 cm³/mol. The lowest BCUT2D eigenvalue weighted by Gasteiger charge is -2.32. The van der Waals surface area contributed by atoms with Crippen molar-refractivity contribution < 1.29 is 13.6 Å². The van der Waals surface area contributed by atoms with Gasteiger partial charge in [-0.1, -0.05) is 13.0 Å². The van der Waals surface area contributed by atoms with Crippen molar-refractivity contribution in [3.8, 4) is 0 Å². The molecule has 0 bridgehead atoms. The maximum Gasteiger partial charge on any atom is 0.231 e. The quantitative estimate of drug-likeness (QED) is 0.521. The minimum Gasteiger partial charge on any atom is -0.369 e. The molecular weight excluding hydrogens is 340 g/mol. The lowest BCUT2D eigenvalue weighted by atomic mass is 10.0. The smallest absolute Gasteiger partial charge is 0.231 e. The van der Waals surface area contributed by atoms with Gasteiger partial charge in [0.2, 0.25) is 5.91 Å². The van der Waals surface area contributed by atoms with E-state index >= 15 is 0 Å². The Morgan fingerprint density at radius 2 is 2.04 bits per heavy atom. The van der Waals surface area contributed by atoms with Crippen LogP contribution in [-0.2, 0) is 4.79 Å². The number of nitrogens with zero attached hydrogens (tertiary/aromatic N) is 2. The van der Waals surface area contributed by atoms with E-state index in [1.165, 1.54) is 6.07 Å². The topological polar surface area (TPSA) is 82.8 Å². The lowest BCUT2D eigenvalue weighted by Crippen LogP contribution is -2.50. The molecule has 1 aromatic carbocycles. The number of halogens is 2. The van der Waals surface area contributed by atoms with Crippen LogP contribution in [0.15, 0.2) is 23.2 Å². The van der Waals surface area contributed by atoms with Crippen molar-refractivity contribution in [1.82, 2.24) is 15.5 Å². The van der Waals surface area contributed by atoms with E-state index in [0.29, 0.717) is 19.0 Å². The Balaban J connectivity index is 1.79. The maximum atomic E-state index is 13.4. The van der Waals surface area contributed by atoms with Gasteiger partial charge >= 0.3 is 0 Å². The van der Waals surface area contributed by atoms with Crippen LogP contribution >= 0.6 is 0 Å². The van der Waals surface area contributed by atoms with Crippen LogP contribution in [0.2, 0.25) is 0 Å². The summed E-state index contributed by atoms with van der Waals surface area (Å²) in [5.41, 5.74) is 5.95. The van der Waals surface area contributed by atoms with Gasteiger partial charge in [-0.2, -0.15) is 0 Å². The van der Waals surface area contributed by atoms with Crippen molar-refractivity contribution in [2.45, 2.75) is 31.7 Å². The molecule has 26 heavy (non-hydrogen) atoms. The van der Waals surface area contributed by atoms with Gasteiger partial charge in [0, 0.05) is 32.7 Å². The van der Waals surface area contributed by atoms with Crippen molar-refractivity contribution in [3.63, 3.8) is 0 Å². The summed E-state index contributed by atoms with van der Waals surface area (Å²) in [5, 5.41) is 6.60. The van der Waals surface area contributed by atoms with Crippen LogP contribution in [-0.4, -0.2) is 56.0 Å². The standard InChI is InChI=1S/C18H27F2N5O/c1-12(13-3-4-15(19)16(20)9-13)10-23-18(22-2)24-14-5-7-25(8-6-14)11-17(21)26/h3-4,9,12,14H,5-8,10-11H2,1-2H3,(H2,21,26)(H2,22,23,24). The molecule has 1 aliphatic heterocycles. The number of piperidine rings is 1. The summed E-state index contributed by atoms with van der Waals surface area (Å²) in [7, 11) is 1.69. The molecule has 0 saturated carbocycles. The number of amides is 1. The van der Waals surface area contributed by atoms with E-state index in [1.54, 1.807) is 13.1 Å². The van der Waals surface area contributed by atoms with Gasteiger partial charge in [0.05, 0.1) is 6.54 Å². The fourth-order valence-electron chi connectivity index (χ4n) is 3.03. The molecule has 1 unspecified atom stereocenters. The molecule has 2 rings (SSSR count). The SMILES string of the molecule is CN=C(NCC(C)c1ccc(F)c(F)c1)NC1CCN(CC(N)=O)CC1. The fraction of sp³-hybridized carbons (Fsp3) is 0.556. The molecule has 144 valence electrons. The van der Waals surface area contributed by atoms with Gasteiger partial charge in [-0.25, -0.2) is 8.78 Å². The third kappa shape index (κ3) is 5.94. The monoisotopic (exact) mass is 367 g/mol. The van der Waals surface area contributed by atoms with Gasteiger partial charge in [-0.15, -0.1) is 0 Å². The first-order valence-electron chi connectivity index (χ1n) is 8.81. The summed E-state index contributed by atoms with van der Waals surface area (Å²) in [6.45, 7) is 4.40. The summed E-state index contributed by atoms with van der Waals surface area (Å²) in [6, 6.07) is 4.24. The molecule has 1 fully saturated rings. The highest BCUT2D eigenvalue weighted by molar-refractivity contribution is 5.80. The van der Waals surface area contributed by atoms with Gasteiger partial charge in [0.25, 0.3) is 0 Å². The van der Waals surface area contributed by atoms with E-state index in [2.05, 4.69) is 15.6 Å². The average Bonchev–Trinajstić information content (AvgIpc) is 2.61. The first-order chi connectivity index (χ1) is 12.4. The molecule has 0 aromatic heterocycles. The van der Waals surface area contributed by atoms with E-state index in [0.717, 1.165) is 37.6 Å². The van der Waals surface area contributed by atoms with Crippen molar-refractivity contribution in [1.29, 1.82) is 0 Å². The van der Waals surface area contributed by atoms with E-state index in [-0.39, 0.29) is 17.9 Å². The highest BCUT2D eigenvalue weighted by atomic mass is 19.2. The Labute approximate surface area is 152 Å². The number of guanidine groups is 1. The van der Waals surface area contributed by atoms with Gasteiger partial charge in [-0.3, -0.25) is 14.7 Å². The Hall–Kier alpha value is -2.22. The number of aliphatic imine (C=N–C) groups is 1. The second-order valence-electron chi connectivity index (χ2n) is 6.69. The number of nitrogens with two attached hydrogens (primary N) is 1. The van der Waals surface area contributed by atoms with E-state index in [4.69, 9.17) is 5.73 Å². The molecule has 1 aromatic rings. The molecule has 1 aliphatic rings. The van der Waals surface area contributed by atoms with Crippen molar-refractivity contribution in [2.75, 3.05) is 33.2 Å². The second kappa shape index (κ2) is 9.47. The molecule has 0 spiro atoms. The summed E-state index contributed by atoms with van der Waals surface area (Å²) >= 11 is 0. The molecule has 6 nitrogen and oxygen atoms in total. The largest absolute Gasteiger partial charge is 0.369 e. The number of carbonyl (C=O) groups is 1. The van der Waals surface area contributed by atoms with Crippen molar-refractivity contribution in [3.05, 3.63) is 35.4 Å². The number of carbonyl (C=O) groups excluding carboxylic acids is 1. The Kier molecular flexibility index (Phi) is 7.32. The average molecular weight is 367 g/mol. The Bertz CT molecular complexity index is 644. The third-order valence-electron chi connectivity index (χ3n) is 4.62. The zero-order chi connectivity index (χ0) is 19.1. The van der Waals surface area contributed by atoms with Crippen LogP contribution in [0.4, 0.5) is 8.78 Å². The first-order valence-corrected chi connectivity index (χ1v) is 8.81. The van der Waals surface area contributed by atoms with Crippen LogP contribution in [0.1, 0.15) is 31.2 Å². The first kappa shape index (κ1) is 20.1. The highest BCUT2D eigenvalue weighted by Crippen LogP contribution is 2.17. The fourth-order valence-corrected chi connectivity index (χ4v) is 3.03. The van der Waals surface area contributed by atoms with Crippen molar-refractivity contribution in [2.24, 2.45) is 10.7 Å². The van der Waals surface area contributed by atoms with Crippen LogP contribution < -0.4 is 16.4 Å². The summed E-state index contributed by atoms with van der Waals surface area (Å²) < 4.78 is 26.4. The molecule has 1 saturated heterocycles. The third-order valence-corrected chi connectivity index (χ3v) is 4.62. The summed E-state index contributed by atoms with van der Waals surface area (Å²) in [5.74, 6) is -1.30. The predicted octanol–water partition coefficient (Wildman–Crippen LogP) is 1.18. The van der Waals surface area contributed by atoms with Gasteiger partial charge in [0.1, 0.15) is 0 Å². The zero-order valence-electron chi connectivity index (χ0n) is 15.3. The highest BCUT2D eigenvalue weighted by Gasteiger charge is 2.21. The molecule has 4 N–H and O–H groups in total. The molecule has 1 heterocycles. The normalized spacial score (nSPS) is 17.8. The van der Waals surface area contributed by atoms with Crippen molar-refractivity contribution >= 4 is 11.9 Å². The number of rotatable bonds is 6. The zero-order valence-corrected chi connectivity index (χ0v) is 15.3.